The number of nitrogens with one attached hydrogen (secondary N) is 1. The summed E-state index contributed by atoms with van der Waals surface area (Å²) < 4.78 is 34.5. The predicted octanol–water partition coefficient (Wildman–Crippen LogP) is 18.6. The average Bonchev–Trinajstić information content (AvgIpc) is 0.783. The van der Waals surface area contributed by atoms with Gasteiger partial charge in [0.25, 0.3) is 0 Å². The van der Waals surface area contributed by atoms with Gasteiger partial charge in [-0.25, -0.2) is 0 Å². The van der Waals surface area contributed by atoms with Crippen LogP contribution >= 0.6 is 0 Å². The largest absolute Gasteiger partial charge is 0.394 e. The Morgan fingerprint density at radius 3 is 0.931 bits per heavy atom. The van der Waals surface area contributed by atoms with E-state index in [-0.39, 0.29) is 18.9 Å². The number of ether oxygens (including phenoxy) is 6. The first kappa shape index (κ1) is 106. The van der Waals surface area contributed by atoms with E-state index < -0.39 is 124 Å². The molecule has 3 saturated heterocycles. The first-order valence-electron chi connectivity index (χ1n) is 46.8. The van der Waals surface area contributed by atoms with Crippen molar-refractivity contribution in [3.63, 3.8) is 0 Å². The van der Waals surface area contributed by atoms with Gasteiger partial charge in [0.05, 0.1) is 38.6 Å². The molecular weight excluding hydrogens is 1470 g/mol. The molecule has 17 unspecified atom stereocenters. The zero-order valence-corrected chi connectivity index (χ0v) is 72.4. The summed E-state index contributed by atoms with van der Waals surface area (Å²) in [5.74, 6) is -0.276. The van der Waals surface area contributed by atoms with Crippen LogP contribution in [0.15, 0.2) is 122 Å². The summed E-state index contributed by atoms with van der Waals surface area (Å²) in [6, 6.07) is -0.983. The number of allylic oxidation sites excluding steroid dienone is 19. The number of amides is 1. The summed E-state index contributed by atoms with van der Waals surface area (Å²) in [5.41, 5.74) is 0. The van der Waals surface area contributed by atoms with Gasteiger partial charge in [0.1, 0.15) is 73.2 Å². The Kier molecular flexibility index (Phi) is 68.8. The van der Waals surface area contributed by atoms with Crippen LogP contribution in [0.5, 0.6) is 0 Å². The summed E-state index contributed by atoms with van der Waals surface area (Å²) in [6.45, 7) is 1.66. The van der Waals surface area contributed by atoms with Crippen molar-refractivity contribution in [2.75, 3.05) is 26.4 Å². The SMILES string of the molecule is CC/C=C\C/C=C\C/C=C\C/C=C\C/C=C\C/C=C\C/C=C\C/C=C\C/C=C\CCCCCCCCCCCCCCCC(=O)NC(COC1OC(CO)C(OC2OC(CO)C(OC3OC(CO)C(O)C(O)C3O)C(O)C2O)C(O)C1O)C(O)/C=C/CCCCCCCCCCCCCCCCCCCCCCCCCCCCCC. The van der Waals surface area contributed by atoms with Crippen molar-refractivity contribution in [1.29, 1.82) is 0 Å². The fourth-order valence-corrected chi connectivity index (χ4v) is 15.1. The number of unbranched alkanes of at least 4 members (excludes halogenated alkanes) is 41. The topological polar surface area (TPSA) is 307 Å². The number of aliphatic hydroxyl groups is 11. The minimum atomic E-state index is -1.98. The number of carbonyl (C=O) groups excluding carboxylic acids is 1. The maximum absolute atomic E-state index is 13.5. The van der Waals surface area contributed by atoms with Gasteiger partial charge >= 0.3 is 0 Å². The Balaban J connectivity index is 1.32. The molecule has 0 aliphatic carbocycles. The quantitative estimate of drug-likeness (QED) is 0.0199. The van der Waals surface area contributed by atoms with Gasteiger partial charge in [-0.1, -0.05) is 379 Å². The Morgan fingerprint density at radius 1 is 0.319 bits per heavy atom. The first-order chi connectivity index (χ1) is 56.8. The third-order valence-corrected chi connectivity index (χ3v) is 22.5. The minimum Gasteiger partial charge on any atom is -0.394 e. The van der Waals surface area contributed by atoms with E-state index in [2.05, 4.69) is 129 Å². The molecule has 3 aliphatic rings. The predicted molar refractivity (Wildman–Crippen MR) is 470 cm³/mol. The molecule has 3 rings (SSSR count). The van der Waals surface area contributed by atoms with E-state index in [9.17, 15) is 61.0 Å². The van der Waals surface area contributed by atoms with Crippen LogP contribution < -0.4 is 5.32 Å². The molecule has 19 nitrogen and oxygen atoms in total. The second-order valence-electron chi connectivity index (χ2n) is 32.7. The van der Waals surface area contributed by atoms with Gasteiger partial charge < -0.3 is 89.9 Å². The van der Waals surface area contributed by atoms with E-state index in [1.54, 1.807) is 6.08 Å². The van der Waals surface area contributed by atoms with Crippen molar-refractivity contribution in [1.82, 2.24) is 5.32 Å². The summed E-state index contributed by atoms with van der Waals surface area (Å²) in [5, 5.41) is 121. The van der Waals surface area contributed by atoms with Crippen molar-refractivity contribution in [2.24, 2.45) is 0 Å². The van der Waals surface area contributed by atoms with Crippen molar-refractivity contribution in [2.45, 2.75) is 458 Å². The van der Waals surface area contributed by atoms with Gasteiger partial charge in [-0.2, -0.15) is 0 Å². The normalized spacial score (nSPS) is 25.1. The van der Waals surface area contributed by atoms with Gasteiger partial charge in [0, 0.05) is 6.42 Å². The lowest BCUT2D eigenvalue weighted by atomic mass is 9.96. The molecule has 0 aromatic rings. The second-order valence-corrected chi connectivity index (χ2v) is 32.7. The first-order valence-corrected chi connectivity index (χ1v) is 46.8. The Hall–Kier alpha value is -3.81. The lowest BCUT2D eigenvalue weighted by Gasteiger charge is -2.48. The molecule has 0 bridgehead atoms. The number of rotatable bonds is 75. The van der Waals surface area contributed by atoms with E-state index >= 15 is 0 Å². The molecule has 0 saturated carbocycles. The monoisotopic (exact) mass is 1640 g/mol. The second kappa shape index (κ2) is 75.0. The molecule has 3 heterocycles. The highest BCUT2D eigenvalue weighted by atomic mass is 16.8. The van der Waals surface area contributed by atoms with E-state index in [0.717, 1.165) is 116 Å². The van der Waals surface area contributed by atoms with Crippen LogP contribution in [0.4, 0.5) is 0 Å². The lowest BCUT2D eigenvalue weighted by Crippen LogP contribution is -2.66. The molecule has 0 spiro atoms. The van der Waals surface area contributed by atoms with Crippen LogP contribution in [0.25, 0.3) is 0 Å². The zero-order valence-electron chi connectivity index (χ0n) is 72.4. The molecule has 0 aromatic carbocycles. The molecule has 0 radical (unpaired) electrons. The van der Waals surface area contributed by atoms with Gasteiger partial charge in [-0.15, -0.1) is 0 Å². The summed E-state index contributed by atoms with van der Waals surface area (Å²) in [6.07, 6.45) is 80.6. The maximum atomic E-state index is 13.5. The van der Waals surface area contributed by atoms with E-state index in [1.807, 2.05) is 6.08 Å². The van der Waals surface area contributed by atoms with Gasteiger partial charge in [0.2, 0.25) is 5.91 Å². The molecule has 17 atom stereocenters. The van der Waals surface area contributed by atoms with Crippen LogP contribution in [-0.2, 0) is 33.2 Å². The number of hydrogen-bond donors (Lipinski definition) is 12. The highest BCUT2D eigenvalue weighted by Crippen LogP contribution is 2.34. The molecule has 1 amide bonds. The van der Waals surface area contributed by atoms with E-state index in [4.69, 9.17) is 28.4 Å². The Bertz CT molecular complexity index is 2570. The third-order valence-electron chi connectivity index (χ3n) is 22.5. The highest BCUT2D eigenvalue weighted by Gasteiger charge is 2.54. The summed E-state index contributed by atoms with van der Waals surface area (Å²) in [7, 11) is 0. The molecule has 3 fully saturated rings. The lowest BCUT2D eigenvalue weighted by molar-refractivity contribution is -0.379. The van der Waals surface area contributed by atoms with Crippen molar-refractivity contribution in [3.05, 3.63) is 122 Å². The molecule has 3 aliphatic heterocycles. The van der Waals surface area contributed by atoms with Crippen molar-refractivity contribution in [3.8, 4) is 0 Å². The van der Waals surface area contributed by atoms with Crippen LogP contribution in [-0.4, -0.2) is 193 Å². The van der Waals surface area contributed by atoms with Crippen LogP contribution in [0.2, 0.25) is 0 Å². The number of hydrogen-bond acceptors (Lipinski definition) is 18. The number of carbonyl (C=O) groups is 1. The summed E-state index contributed by atoms with van der Waals surface area (Å²) >= 11 is 0. The Labute approximate surface area is 703 Å². The Morgan fingerprint density at radius 2 is 0.595 bits per heavy atom. The summed E-state index contributed by atoms with van der Waals surface area (Å²) in [4.78, 5) is 13.5. The molecule has 0 aromatic heterocycles. The molecule has 116 heavy (non-hydrogen) atoms. The zero-order chi connectivity index (χ0) is 83.8. The third kappa shape index (κ3) is 52.5. The smallest absolute Gasteiger partial charge is 0.220 e. The highest BCUT2D eigenvalue weighted by molar-refractivity contribution is 5.76. The molecular formula is C97H169NO18. The average molecular weight is 1640 g/mol. The molecule has 12 N–H and O–H groups in total. The van der Waals surface area contributed by atoms with Gasteiger partial charge in [-0.05, 0) is 89.9 Å². The van der Waals surface area contributed by atoms with Crippen molar-refractivity contribution >= 4 is 5.91 Å². The van der Waals surface area contributed by atoms with Crippen LogP contribution in [0.1, 0.15) is 354 Å². The van der Waals surface area contributed by atoms with E-state index in [1.165, 1.54) is 212 Å². The standard InChI is InChI=1S/C97H169NO18/c1-3-5-7-9-11-13-15-17-19-21-23-25-27-29-31-33-35-36-37-38-39-40-41-42-43-44-45-47-49-51-53-55-57-59-61-63-65-67-69-71-73-75-85(103)98-80(81(102)74-72-70-68-66-64-62-60-58-56-54-52-50-48-46-34-32-30-28-26-24-22-20-18-16-14-12-10-8-6-4-2)79-111-95-91(109)88(106)93(83(77-100)113-95)116-97-92(110)89(107)94(84(78-101)114-97)115-96-90(108)87(105)86(104)82(76-99)112-96/h5,7,11,13,17,19,23,25,29,31,35-36,38-39,41-42,44-45,72,74,80-84,86-97,99-102,104-110H,3-4,6,8-10,12,14-16,18,20-22,24,26-28,30,32-34,37,40,43,46-71,73,75-79H2,1-2H3,(H,98,103)/b7-5-,13-11-,19-17-,25-23-,31-29-,36-35-,39-38-,42-41-,45-44-,74-72+. The molecule has 19 heteroatoms. The minimum absolute atomic E-state index is 0.236. The van der Waals surface area contributed by atoms with Crippen molar-refractivity contribution < 1.29 is 89.4 Å². The van der Waals surface area contributed by atoms with Crippen LogP contribution in [0, 0.1) is 0 Å². The fraction of sp³-hybridized carbons (Fsp3) is 0.784. The van der Waals surface area contributed by atoms with Crippen LogP contribution in [0.3, 0.4) is 0 Å². The fourth-order valence-electron chi connectivity index (χ4n) is 15.1. The van der Waals surface area contributed by atoms with Gasteiger partial charge in [0.15, 0.2) is 18.9 Å². The van der Waals surface area contributed by atoms with Gasteiger partial charge in [-0.3, -0.25) is 4.79 Å². The molecule has 670 valence electrons. The maximum Gasteiger partial charge on any atom is 0.220 e. The van der Waals surface area contributed by atoms with E-state index in [0.29, 0.717) is 6.42 Å². The number of aliphatic hydroxyl groups excluding tert-OH is 11.